The Balaban J connectivity index is 1.62. The standard InChI is InChI=1S/C17H20N2O5/c1-10(17(23)24-9-14(20)13-7-4-8-18-13)19-15(21)11-5-2-3-6-12(11)16(19)22/h4,7-8,10-12,18H,2-3,5-6,9H2,1H3/t10-,11-,12+/m1/s1. The maximum Gasteiger partial charge on any atom is 0.329 e. The first-order valence-corrected chi connectivity index (χ1v) is 8.21. The molecule has 0 aromatic carbocycles. The summed E-state index contributed by atoms with van der Waals surface area (Å²) in [5, 5.41) is 0. The Hall–Kier alpha value is -2.44. The van der Waals surface area contributed by atoms with Crippen molar-refractivity contribution in [2.45, 2.75) is 38.6 Å². The Kier molecular flexibility index (Phi) is 4.51. The van der Waals surface area contributed by atoms with Gasteiger partial charge in [-0.25, -0.2) is 4.79 Å². The van der Waals surface area contributed by atoms with Crippen molar-refractivity contribution in [3.63, 3.8) is 0 Å². The van der Waals surface area contributed by atoms with Crippen LogP contribution in [0.5, 0.6) is 0 Å². The number of ketones is 1. The fourth-order valence-electron chi connectivity index (χ4n) is 3.51. The van der Waals surface area contributed by atoms with E-state index in [9.17, 15) is 19.2 Å². The minimum absolute atomic E-state index is 0.287. The highest BCUT2D eigenvalue weighted by molar-refractivity contribution is 6.08. The van der Waals surface area contributed by atoms with E-state index < -0.39 is 18.6 Å². The smallest absolute Gasteiger partial charge is 0.329 e. The van der Waals surface area contributed by atoms with Crippen LogP contribution in [0, 0.1) is 11.8 Å². The molecule has 1 saturated carbocycles. The van der Waals surface area contributed by atoms with Gasteiger partial charge in [0.15, 0.2) is 6.61 Å². The van der Waals surface area contributed by atoms with Crippen LogP contribution < -0.4 is 0 Å². The molecule has 0 bridgehead atoms. The molecule has 0 spiro atoms. The number of likely N-dealkylation sites (tertiary alicyclic amines) is 1. The number of carbonyl (C=O) groups excluding carboxylic acids is 4. The fraction of sp³-hybridized carbons (Fsp3) is 0.529. The molecule has 3 rings (SSSR count). The molecule has 2 aliphatic rings. The number of aromatic nitrogens is 1. The highest BCUT2D eigenvalue weighted by atomic mass is 16.5. The Morgan fingerprint density at radius 2 is 1.88 bits per heavy atom. The van der Waals surface area contributed by atoms with Gasteiger partial charge < -0.3 is 9.72 Å². The van der Waals surface area contributed by atoms with E-state index in [2.05, 4.69) is 4.98 Å². The van der Waals surface area contributed by atoms with Gasteiger partial charge in [0.1, 0.15) is 6.04 Å². The van der Waals surface area contributed by atoms with E-state index in [0.29, 0.717) is 18.5 Å². The third-order valence-electron chi connectivity index (χ3n) is 4.85. The lowest BCUT2D eigenvalue weighted by molar-refractivity contribution is -0.157. The zero-order chi connectivity index (χ0) is 17.3. The number of H-pyrrole nitrogens is 1. The normalized spacial score (nSPS) is 24.6. The van der Waals surface area contributed by atoms with Crippen LogP contribution in [-0.4, -0.2) is 46.1 Å². The summed E-state index contributed by atoms with van der Waals surface area (Å²) in [6.07, 6.45) is 4.84. The third-order valence-corrected chi connectivity index (χ3v) is 4.85. The highest BCUT2D eigenvalue weighted by Gasteiger charge is 2.51. The molecule has 24 heavy (non-hydrogen) atoms. The molecule has 0 radical (unpaired) electrons. The van der Waals surface area contributed by atoms with Crippen LogP contribution in [0.3, 0.4) is 0 Å². The van der Waals surface area contributed by atoms with Gasteiger partial charge in [-0.05, 0) is 31.9 Å². The molecule has 7 nitrogen and oxygen atoms in total. The van der Waals surface area contributed by atoms with E-state index in [0.717, 1.165) is 17.7 Å². The average Bonchev–Trinajstić information content (AvgIpc) is 3.20. The maximum atomic E-state index is 12.4. The number of hydrogen-bond donors (Lipinski definition) is 1. The molecular weight excluding hydrogens is 312 g/mol. The predicted octanol–water partition coefficient (Wildman–Crippen LogP) is 1.30. The van der Waals surface area contributed by atoms with Crippen LogP contribution >= 0.6 is 0 Å². The summed E-state index contributed by atoms with van der Waals surface area (Å²) < 4.78 is 5.00. The average molecular weight is 332 g/mol. The molecule has 2 amide bonds. The van der Waals surface area contributed by atoms with Crippen LogP contribution in [0.2, 0.25) is 0 Å². The number of fused-ring (bicyclic) bond motifs is 1. The number of rotatable bonds is 5. The summed E-state index contributed by atoms with van der Waals surface area (Å²) in [6, 6.07) is 2.24. The van der Waals surface area contributed by atoms with Gasteiger partial charge in [0.2, 0.25) is 17.6 Å². The van der Waals surface area contributed by atoms with Crippen LogP contribution in [0.4, 0.5) is 0 Å². The molecule has 3 atom stereocenters. The molecule has 1 saturated heterocycles. The van der Waals surface area contributed by atoms with Crippen LogP contribution in [-0.2, 0) is 19.1 Å². The van der Waals surface area contributed by atoms with E-state index in [1.54, 1.807) is 18.3 Å². The molecule has 1 aromatic heterocycles. The number of nitrogens with one attached hydrogen (secondary N) is 1. The van der Waals surface area contributed by atoms with E-state index in [-0.39, 0.29) is 29.4 Å². The van der Waals surface area contributed by atoms with Crippen molar-refractivity contribution in [1.29, 1.82) is 0 Å². The van der Waals surface area contributed by atoms with Gasteiger partial charge in [-0.1, -0.05) is 12.8 Å². The van der Waals surface area contributed by atoms with E-state index in [1.165, 1.54) is 6.92 Å². The van der Waals surface area contributed by atoms with Crippen molar-refractivity contribution < 1.29 is 23.9 Å². The number of esters is 1. The largest absolute Gasteiger partial charge is 0.456 e. The molecule has 128 valence electrons. The van der Waals surface area contributed by atoms with Gasteiger partial charge in [-0.15, -0.1) is 0 Å². The number of nitrogens with zero attached hydrogens (tertiary/aromatic N) is 1. The Morgan fingerprint density at radius 1 is 1.25 bits per heavy atom. The number of carbonyl (C=O) groups is 4. The van der Waals surface area contributed by atoms with E-state index >= 15 is 0 Å². The summed E-state index contributed by atoms with van der Waals surface area (Å²) in [7, 11) is 0. The van der Waals surface area contributed by atoms with Crippen LogP contribution in [0.15, 0.2) is 18.3 Å². The Bertz CT molecular complexity index is 643. The summed E-state index contributed by atoms with van der Waals surface area (Å²) in [6.45, 7) is 1.04. The molecular formula is C17H20N2O5. The summed E-state index contributed by atoms with van der Waals surface area (Å²) in [5.74, 6) is -2.29. The fourth-order valence-corrected chi connectivity index (χ4v) is 3.51. The first-order chi connectivity index (χ1) is 11.5. The molecule has 1 N–H and O–H groups in total. The Labute approximate surface area is 139 Å². The number of hydrogen-bond acceptors (Lipinski definition) is 5. The SMILES string of the molecule is C[C@H](C(=O)OCC(=O)c1ccc[nH]1)N1C(=O)[C@H]2CCCC[C@H]2C1=O. The lowest BCUT2D eigenvalue weighted by atomic mass is 9.81. The summed E-state index contributed by atoms with van der Waals surface area (Å²) in [4.78, 5) is 52.7. The van der Waals surface area contributed by atoms with Crippen molar-refractivity contribution >= 4 is 23.6 Å². The summed E-state index contributed by atoms with van der Waals surface area (Å²) in [5.41, 5.74) is 0.342. The van der Waals surface area contributed by atoms with E-state index in [4.69, 9.17) is 4.74 Å². The number of Topliss-reactive ketones (excluding diaryl/α,β-unsaturated/α-hetero) is 1. The van der Waals surface area contributed by atoms with Gasteiger partial charge in [-0.3, -0.25) is 19.3 Å². The number of aromatic amines is 1. The van der Waals surface area contributed by atoms with Gasteiger partial charge >= 0.3 is 5.97 Å². The molecule has 7 heteroatoms. The topological polar surface area (TPSA) is 96.5 Å². The second-order valence-electron chi connectivity index (χ2n) is 6.33. The first-order valence-electron chi connectivity index (χ1n) is 8.21. The van der Waals surface area contributed by atoms with Gasteiger partial charge in [0, 0.05) is 6.20 Å². The second-order valence-corrected chi connectivity index (χ2v) is 6.33. The lowest BCUT2D eigenvalue weighted by Crippen LogP contribution is -2.44. The number of amides is 2. The van der Waals surface area contributed by atoms with Crippen molar-refractivity contribution in [3.8, 4) is 0 Å². The predicted molar refractivity (Wildman–Crippen MR) is 82.8 cm³/mol. The quantitative estimate of drug-likeness (QED) is 0.498. The van der Waals surface area contributed by atoms with Crippen LogP contribution in [0.25, 0.3) is 0 Å². The minimum Gasteiger partial charge on any atom is -0.456 e. The molecule has 2 fully saturated rings. The number of imide groups is 1. The molecule has 1 aliphatic carbocycles. The number of ether oxygens (including phenoxy) is 1. The van der Waals surface area contributed by atoms with Crippen molar-refractivity contribution in [3.05, 3.63) is 24.0 Å². The van der Waals surface area contributed by atoms with Crippen molar-refractivity contribution in [1.82, 2.24) is 9.88 Å². The molecule has 1 aliphatic heterocycles. The maximum absolute atomic E-state index is 12.4. The zero-order valence-electron chi connectivity index (χ0n) is 13.5. The minimum atomic E-state index is -1.01. The van der Waals surface area contributed by atoms with Crippen molar-refractivity contribution in [2.75, 3.05) is 6.61 Å². The Morgan fingerprint density at radius 3 is 2.42 bits per heavy atom. The first kappa shape index (κ1) is 16.4. The third kappa shape index (κ3) is 2.86. The second kappa shape index (κ2) is 6.59. The monoisotopic (exact) mass is 332 g/mol. The van der Waals surface area contributed by atoms with Crippen molar-refractivity contribution in [2.24, 2.45) is 11.8 Å². The zero-order valence-corrected chi connectivity index (χ0v) is 13.5. The molecule has 0 unspecified atom stereocenters. The van der Waals surface area contributed by atoms with Gasteiger partial charge in [0.05, 0.1) is 17.5 Å². The van der Waals surface area contributed by atoms with Gasteiger partial charge in [0.25, 0.3) is 0 Å². The lowest BCUT2D eigenvalue weighted by Gasteiger charge is -2.21. The summed E-state index contributed by atoms with van der Waals surface area (Å²) >= 11 is 0. The van der Waals surface area contributed by atoms with Gasteiger partial charge in [-0.2, -0.15) is 0 Å². The highest BCUT2D eigenvalue weighted by Crippen LogP contribution is 2.38. The van der Waals surface area contributed by atoms with Crippen LogP contribution in [0.1, 0.15) is 43.1 Å². The molecule has 1 aromatic rings. The molecule has 2 heterocycles. The van der Waals surface area contributed by atoms with E-state index in [1.807, 2.05) is 0 Å².